The lowest BCUT2D eigenvalue weighted by Crippen LogP contribution is -2.48. The lowest BCUT2D eigenvalue weighted by molar-refractivity contribution is -0.154. The molecule has 8 heteroatoms. The summed E-state index contributed by atoms with van der Waals surface area (Å²) >= 11 is 0. The van der Waals surface area contributed by atoms with Crippen LogP contribution in [0.2, 0.25) is 0 Å². The van der Waals surface area contributed by atoms with Crippen molar-refractivity contribution in [2.45, 2.75) is 25.7 Å². The number of carbonyl (C=O) groups is 1. The molecule has 130 valence electrons. The first kappa shape index (κ1) is 19.3. The highest BCUT2D eigenvalue weighted by atomic mass is 32.2. The van der Waals surface area contributed by atoms with Gasteiger partial charge in [0, 0.05) is 34.4 Å². The molecule has 0 bridgehead atoms. The summed E-state index contributed by atoms with van der Waals surface area (Å²) in [7, 11) is 1.43. The summed E-state index contributed by atoms with van der Waals surface area (Å²) in [6.07, 6.45) is 2.47. The number of hydrogen-bond donors (Lipinski definition) is 1. The van der Waals surface area contributed by atoms with Gasteiger partial charge < -0.3 is 14.7 Å². The number of sulfonamides is 1. The Morgan fingerprint density at radius 3 is 2.64 bits per heavy atom. The number of likely N-dealkylation sites (tertiary alicyclic amines) is 1. The highest BCUT2D eigenvalue weighted by molar-refractivity contribution is 7.89. The molecule has 7 nitrogen and oxygen atoms in total. The molecule has 0 amide bonds. The van der Waals surface area contributed by atoms with Crippen molar-refractivity contribution in [3.05, 3.63) is 0 Å². The molecule has 1 fully saturated rings. The van der Waals surface area contributed by atoms with Crippen LogP contribution in [0.15, 0.2) is 0 Å². The summed E-state index contributed by atoms with van der Waals surface area (Å²) in [6, 6.07) is 0. The first-order chi connectivity index (χ1) is 10.2. The van der Waals surface area contributed by atoms with Crippen LogP contribution in [0.3, 0.4) is 0 Å². The van der Waals surface area contributed by atoms with Crippen LogP contribution in [-0.2, 0) is 19.6 Å². The van der Waals surface area contributed by atoms with Crippen molar-refractivity contribution in [1.29, 1.82) is 0 Å². The third-order valence-electron chi connectivity index (χ3n) is 4.33. The maximum absolute atomic E-state index is 11.7. The number of nitrogens with zero attached hydrogens (tertiary/aromatic N) is 2. The van der Waals surface area contributed by atoms with Gasteiger partial charge in [-0.3, -0.25) is 4.79 Å². The van der Waals surface area contributed by atoms with Crippen LogP contribution in [0, 0.1) is 5.41 Å². The number of carboxylic acids is 1. The van der Waals surface area contributed by atoms with Crippen molar-refractivity contribution < 1.29 is 23.1 Å². The van der Waals surface area contributed by atoms with E-state index in [1.165, 1.54) is 18.4 Å². The van der Waals surface area contributed by atoms with E-state index >= 15 is 0 Å². The van der Waals surface area contributed by atoms with Crippen molar-refractivity contribution in [1.82, 2.24) is 9.21 Å². The van der Waals surface area contributed by atoms with Gasteiger partial charge in [-0.2, -0.15) is 0 Å². The zero-order valence-electron chi connectivity index (χ0n) is 13.7. The molecule has 0 aromatic heterocycles. The number of carboxylic acid groups (broad SMARTS) is 1. The van der Waals surface area contributed by atoms with Crippen LogP contribution in [0.1, 0.15) is 25.7 Å². The predicted octanol–water partition coefficient (Wildman–Crippen LogP) is 0.471. The average molecular weight is 336 g/mol. The summed E-state index contributed by atoms with van der Waals surface area (Å²) in [6.45, 7) is 2.32. The molecule has 0 aromatic carbocycles. The average Bonchev–Trinajstić information content (AvgIpc) is 2.45. The second kappa shape index (κ2) is 8.24. The van der Waals surface area contributed by atoms with E-state index in [-0.39, 0.29) is 5.75 Å². The van der Waals surface area contributed by atoms with Crippen LogP contribution in [0.5, 0.6) is 0 Å². The zero-order chi connectivity index (χ0) is 16.8. The molecule has 1 atom stereocenters. The maximum Gasteiger partial charge on any atom is 0.311 e. The van der Waals surface area contributed by atoms with Crippen LogP contribution in [-0.4, -0.2) is 81.9 Å². The van der Waals surface area contributed by atoms with Gasteiger partial charge in [-0.25, -0.2) is 12.7 Å². The molecule has 1 N–H and O–H groups in total. The number of ether oxygens (including phenoxy) is 1. The van der Waals surface area contributed by atoms with Crippen LogP contribution in [0.4, 0.5) is 0 Å². The predicted molar refractivity (Wildman–Crippen MR) is 84.3 cm³/mol. The summed E-state index contributed by atoms with van der Waals surface area (Å²) in [5, 5.41) is 9.58. The Hall–Kier alpha value is -0.700. The molecule has 0 aromatic rings. The van der Waals surface area contributed by atoms with E-state index in [4.69, 9.17) is 4.74 Å². The van der Waals surface area contributed by atoms with Gasteiger partial charge in [0.1, 0.15) is 0 Å². The van der Waals surface area contributed by atoms with Crippen molar-refractivity contribution in [3.63, 3.8) is 0 Å². The SMILES string of the molecule is COCC[C@]1(C(=O)O)CCCN(CCCS(=O)(=O)N(C)C)C1. The van der Waals surface area contributed by atoms with Crippen molar-refractivity contribution in [2.75, 3.05) is 53.2 Å². The summed E-state index contributed by atoms with van der Waals surface area (Å²) < 4.78 is 29.8. The molecule has 1 aliphatic rings. The van der Waals surface area contributed by atoms with Crippen molar-refractivity contribution >= 4 is 16.0 Å². The Morgan fingerprint density at radius 1 is 1.41 bits per heavy atom. The van der Waals surface area contributed by atoms with Crippen molar-refractivity contribution in [3.8, 4) is 0 Å². The Morgan fingerprint density at radius 2 is 2.09 bits per heavy atom. The molecule has 1 heterocycles. The first-order valence-electron chi connectivity index (χ1n) is 7.58. The molecule has 0 radical (unpaired) electrons. The minimum atomic E-state index is -3.19. The van der Waals surface area contributed by atoms with Crippen molar-refractivity contribution in [2.24, 2.45) is 5.41 Å². The molecule has 1 aliphatic heterocycles. The standard InChI is InChI=1S/C14H28N2O5S/c1-15(2)22(19,20)11-5-9-16-8-4-6-14(12-16,13(17)18)7-10-21-3/h4-12H2,1-3H3,(H,17,18)/t14-/m1/s1. The monoisotopic (exact) mass is 336 g/mol. The van der Waals surface area contributed by atoms with Crippen LogP contribution >= 0.6 is 0 Å². The van der Waals surface area contributed by atoms with Gasteiger partial charge >= 0.3 is 5.97 Å². The number of hydrogen-bond acceptors (Lipinski definition) is 5. The highest BCUT2D eigenvalue weighted by Crippen LogP contribution is 2.34. The smallest absolute Gasteiger partial charge is 0.311 e. The fourth-order valence-electron chi connectivity index (χ4n) is 2.85. The first-order valence-corrected chi connectivity index (χ1v) is 9.19. The third-order valence-corrected chi connectivity index (χ3v) is 6.24. The maximum atomic E-state index is 11.7. The zero-order valence-corrected chi connectivity index (χ0v) is 14.6. The summed E-state index contributed by atoms with van der Waals surface area (Å²) in [5.74, 6) is -0.690. The highest BCUT2D eigenvalue weighted by Gasteiger charge is 2.41. The van der Waals surface area contributed by atoms with Gasteiger partial charge in [0.2, 0.25) is 10.0 Å². The van der Waals surface area contributed by atoms with Crippen LogP contribution < -0.4 is 0 Å². The Labute approximate surface area is 133 Å². The topological polar surface area (TPSA) is 87.1 Å². The minimum absolute atomic E-state index is 0.0919. The molecule has 0 unspecified atom stereocenters. The minimum Gasteiger partial charge on any atom is -0.481 e. The van der Waals surface area contributed by atoms with Gasteiger partial charge in [-0.1, -0.05) is 0 Å². The number of aliphatic carboxylic acids is 1. The van der Waals surface area contributed by atoms with Crippen LogP contribution in [0.25, 0.3) is 0 Å². The van der Waals surface area contributed by atoms with Gasteiger partial charge in [0.05, 0.1) is 11.2 Å². The second-order valence-corrected chi connectivity index (χ2v) is 8.46. The van der Waals surface area contributed by atoms with E-state index in [1.54, 1.807) is 7.11 Å². The lowest BCUT2D eigenvalue weighted by atomic mass is 9.77. The molecule has 22 heavy (non-hydrogen) atoms. The second-order valence-electron chi connectivity index (χ2n) is 6.16. The molecule has 0 saturated carbocycles. The Kier molecular flexibility index (Phi) is 7.24. The lowest BCUT2D eigenvalue weighted by Gasteiger charge is -2.40. The molecule has 1 rings (SSSR count). The quantitative estimate of drug-likeness (QED) is 0.659. The van der Waals surface area contributed by atoms with Gasteiger partial charge in [0.15, 0.2) is 0 Å². The normalized spacial score (nSPS) is 23.8. The van der Waals surface area contributed by atoms with E-state index in [0.29, 0.717) is 39.0 Å². The fourth-order valence-corrected chi connectivity index (χ4v) is 3.71. The molecule has 1 saturated heterocycles. The Balaban J connectivity index is 2.57. The van der Waals surface area contributed by atoms with E-state index in [2.05, 4.69) is 4.90 Å². The molecule has 0 aliphatic carbocycles. The van der Waals surface area contributed by atoms with E-state index in [1.807, 2.05) is 0 Å². The number of piperidine rings is 1. The number of rotatable bonds is 9. The Bertz CT molecular complexity index is 466. The van der Waals surface area contributed by atoms with E-state index < -0.39 is 21.4 Å². The molecular formula is C14H28N2O5S. The summed E-state index contributed by atoms with van der Waals surface area (Å²) in [5.41, 5.74) is -0.769. The largest absolute Gasteiger partial charge is 0.481 e. The summed E-state index contributed by atoms with van der Waals surface area (Å²) in [4.78, 5) is 13.7. The van der Waals surface area contributed by atoms with E-state index in [9.17, 15) is 18.3 Å². The third kappa shape index (κ3) is 5.19. The van der Waals surface area contributed by atoms with Gasteiger partial charge in [0.25, 0.3) is 0 Å². The van der Waals surface area contributed by atoms with Gasteiger partial charge in [-0.15, -0.1) is 0 Å². The molecule has 0 spiro atoms. The van der Waals surface area contributed by atoms with Gasteiger partial charge in [-0.05, 0) is 38.8 Å². The molecular weight excluding hydrogens is 308 g/mol. The fraction of sp³-hybridized carbons (Fsp3) is 0.929. The van der Waals surface area contributed by atoms with E-state index in [0.717, 1.165) is 13.0 Å². The number of methoxy groups -OCH3 is 1.